The summed E-state index contributed by atoms with van der Waals surface area (Å²) in [5, 5.41) is 9.56. The fraction of sp³-hybridized carbons (Fsp3) is 0.500. The molecule has 18 heavy (non-hydrogen) atoms. The van der Waals surface area contributed by atoms with Crippen molar-refractivity contribution in [3.63, 3.8) is 0 Å². The average Bonchev–Trinajstić information content (AvgIpc) is 2.28. The summed E-state index contributed by atoms with van der Waals surface area (Å²) >= 11 is 5.98. The topological polar surface area (TPSA) is 40.5 Å². The number of benzene rings is 1. The molecule has 1 aliphatic heterocycles. The lowest BCUT2D eigenvalue weighted by molar-refractivity contribution is 0.0696. The SMILES string of the molecule is CCC1(CC)CN(c2cccc(Cl)c2C(=O)O)C1. The third-order valence-electron chi connectivity index (χ3n) is 4.10. The van der Waals surface area contributed by atoms with E-state index in [2.05, 4.69) is 18.7 Å². The van der Waals surface area contributed by atoms with Crippen LogP contribution in [-0.4, -0.2) is 24.2 Å². The van der Waals surface area contributed by atoms with E-state index in [1.165, 1.54) is 0 Å². The molecule has 0 spiro atoms. The van der Waals surface area contributed by atoms with Gasteiger partial charge in [-0.3, -0.25) is 0 Å². The minimum atomic E-state index is -0.957. The molecule has 2 rings (SSSR count). The zero-order chi connectivity index (χ0) is 13.3. The molecule has 0 saturated carbocycles. The van der Waals surface area contributed by atoms with E-state index >= 15 is 0 Å². The molecule has 98 valence electrons. The first-order chi connectivity index (χ1) is 8.53. The summed E-state index contributed by atoms with van der Waals surface area (Å²) in [4.78, 5) is 13.4. The van der Waals surface area contributed by atoms with Crippen molar-refractivity contribution < 1.29 is 9.90 Å². The van der Waals surface area contributed by atoms with Crippen molar-refractivity contribution >= 4 is 23.3 Å². The van der Waals surface area contributed by atoms with Crippen LogP contribution in [0.2, 0.25) is 5.02 Å². The standard InChI is InChI=1S/C14H18ClNO2/c1-3-14(4-2)8-16(9-14)11-7-5-6-10(15)12(11)13(17)18/h5-7H,3-4,8-9H2,1-2H3,(H,17,18). The fourth-order valence-corrected chi connectivity index (χ4v) is 2.87. The minimum Gasteiger partial charge on any atom is -0.478 e. The van der Waals surface area contributed by atoms with Crippen molar-refractivity contribution in [2.24, 2.45) is 5.41 Å². The predicted molar refractivity (Wildman–Crippen MR) is 73.6 cm³/mol. The van der Waals surface area contributed by atoms with E-state index in [9.17, 15) is 9.90 Å². The van der Waals surface area contributed by atoms with Crippen LogP contribution in [0.1, 0.15) is 37.0 Å². The van der Waals surface area contributed by atoms with Gasteiger partial charge in [-0.1, -0.05) is 31.5 Å². The molecule has 3 nitrogen and oxygen atoms in total. The fourth-order valence-electron chi connectivity index (χ4n) is 2.62. The normalized spacial score (nSPS) is 17.4. The Bertz CT molecular complexity index is 461. The molecular weight excluding hydrogens is 250 g/mol. The molecular formula is C14H18ClNO2. The molecule has 0 aliphatic carbocycles. The van der Waals surface area contributed by atoms with Gasteiger partial charge in [-0.2, -0.15) is 0 Å². The summed E-state index contributed by atoms with van der Waals surface area (Å²) in [5.74, 6) is -0.957. The number of hydrogen-bond donors (Lipinski definition) is 1. The summed E-state index contributed by atoms with van der Waals surface area (Å²) in [5.41, 5.74) is 1.31. The monoisotopic (exact) mass is 267 g/mol. The molecule has 0 radical (unpaired) electrons. The van der Waals surface area contributed by atoms with E-state index < -0.39 is 5.97 Å². The number of aromatic carboxylic acids is 1. The number of anilines is 1. The maximum Gasteiger partial charge on any atom is 0.339 e. The lowest BCUT2D eigenvalue weighted by Gasteiger charge is -2.51. The van der Waals surface area contributed by atoms with E-state index in [-0.39, 0.29) is 5.56 Å². The van der Waals surface area contributed by atoms with Gasteiger partial charge < -0.3 is 10.0 Å². The third kappa shape index (κ3) is 2.07. The lowest BCUT2D eigenvalue weighted by Crippen LogP contribution is -2.56. The molecule has 1 heterocycles. The molecule has 0 amide bonds. The smallest absolute Gasteiger partial charge is 0.339 e. The number of carboxylic acids is 1. The molecule has 0 bridgehead atoms. The van der Waals surface area contributed by atoms with E-state index in [0.29, 0.717) is 10.4 Å². The highest BCUT2D eigenvalue weighted by atomic mass is 35.5. The second-order valence-corrected chi connectivity index (χ2v) is 5.41. The Kier molecular flexibility index (Phi) is 3.53. The van der Waals surface area contributed by atoms with Crippen molar-refractivity contribution in [1.82, 2.24) is 0 Å². The summed E-state index contributed by atoms with van der Waals surface area (Å²) in [6.45, 7) is 6.22. The van der Waals surface area contributed by atoms with Crippen molar-refractivity contribution in [2.45, 2.75) is 26.7 Å². The Morgan fingerprint density at radius 3 is 2.50 bits per heavy atom. The first kappa shape index (κ1) is 13.2. The van der Waals surface area contributed by atoms with Crippen molar-refractivity contribution in [2.75, 3.05) is 18.0 Å². The summed E-state index contributed by atoms with van der Waals surface area (Å²) < 4.78 is 0. The summed E-state index contributed by atoms with van der Waals surface area (Å²) in [6, 6.07) is 5.27. The Balaban J connectivity index is 2.27. The molecule has 1 N–H and O–H groups in total. The van der Waals surface area contributed by atoms with Crippen LogP contribution in [0.25, 0.3) is 0 Å². The van der Waals surface area contributed by atoms with Gasteiger partial charge in [0.15, 0.2) is 0 Å². The minimum absolute atomic E-state index is 0.222. The predicted octanol–water partition coefficient (Wildman–Crippen LogP) is 3.66. The van der Waals surface area contributed by atoms with Crippen LogP contribution in [-0.2, 0) is 0 Å². The molecule has 0 atom stereocenters. The van der Waals surface area contributed by atoms with Gasteiger partial charge in [0.2, 0.25) is 0 Å². The quantitative estimate of drug-likeness (QED) is 0.905. The van der Waals surface area contributed by atoms with Gasteiger partial charge in [-0.25, -0.2) is 4.79 Å². The van der Waals surface area contributed by atoms with E-state index in [1.54, 1.807) is 6.07 Å². The Hall–Kier alpha value is -1.22. The van der Waals surface area contributed by atoms with Crippen LogP contribution in [0, 0.1) is 5.41 Å². The largest absolute Gasteiger partial charge is 0.478 e. The third-order valence-corrected chi connectivity index (χ3v) is 4.41. The van der Waals surface area contributed by atoms with Gasteiger partial charge >= 0.3 is 5.97 Å². The van der Waals surface area contributed by atoms with Crippen molar-refractivity contribution in [3.05, 3.63) is 28.8 Å². The van der Waals surface area contributed by atoms with Crippen molar-refractivity contribution in [1.29, 1.82) is 0 Å². The molecule has 0 aromatic heterocycles. The molecule has 1 aromatic carbocycles. The molecule has 1 aliphatic rings. The van der Waals surface area contributed by atoms with Crippen LogP contribution in [0.3, 0.4) is 0 Å². The maximum absolute atomic E-state index is 11.3. The van der Waals surface area contributed by atoms with E-state index in [1.807, 2.05) is 12.1 Å². The number of halogens is 1. The van der Waals surface area contributed by atoms with Crippen LogP contribution >= 0.6 is 11.6 Å². The number of carboxylic acid groups (broad SMARTS) is 1. The molecule has 1 fully saturated rings. The highest BCUT2D eigenvalue weighted by Gasteiger charge is 2.41. The van der Waals surface area contributed by atoms with Crippen molar-refractivity contribution in [3.8, 4) is 0 Å². The highest BCUT2D eigenvalue weighted by molar-refractivity contribution is 6.34. The zero-order valence-corrected chi connectivity index (χ0v) is 11.5. The highest BCUT2D eigenvalue weighted by Crippen LogP contribution is 2.41. The Morgan fingerprint density at radius 2 is 2.00 bits per heavy atom. The molecule has 0 unspecified atom stereocenters. The molecule has 1 saturated heterocycles. The van der Waals surface area contributed by atoms with Gasteiger partial charge in [0.05, 0.1) is 10.7 Å². The zero-order valence-electron chi connectivity index (χ0n) is 10.7. The maximum atomic E-state index is 11.3. The first-order valence-electron chi connectivity index (χ1n) is 6.30. The van der Waals surface area contributed by atoms with Crippen LogP contribution in [0.15, 0.2) is 18.2 Å². The van der Waals surface area contributed by atoms with Crippen LogP contribution in [0.5, 0.6) is 0 Å². The number of hydrogen-bond acceptors (Lipinski definition) is 2. The van der Waals surface area contributed by atoms with E-state index in [4.69, 9.17) is 11.6 Å². The number of carbonyl (C=O) groups is 1. The Morgan fingerprint density at radius 1 is 1.39 bits per heavy atom. The lowest BCUT2D eigenvalue weighted by atomic mass is 9.75. The van der Waals surface area contributed by atoms with E-state index in [0.717, 1.165) is 31.6 Å². The second kappa shape index (κ2) is 4.81. The average molecular weight is 268 g/mol. The van der Waals surface area contributed by atoms with Crippen LogP contribution < -0.4 is 4.90 Å². The second-order valence-electron chi connectivity index (χ2n) is 5.00. The molecule has 4 heteroatoms. The first-order valence-corrected chi connectivity index (χ1v) is 6.67. The molecule has 1 aromatic rings. The van der Waals surface area contributed by atoms with Gasteiger partial charge in [0.25, 0.3) is 0 Å². The summed E-state index contributed by atoms with van der Waals surface area (Å²) in [6.07, 6.45) is 2.26. The van der Waals surface area contributed by atoms with Gasteiger partial charge in [0, 0.05) is 18.5 Å². The number of rotatable bonds is 4. The van der Waals surface area contributed by atoms with Gasteiger partial charge in [-0.15, -0.1) is 0 Å². The number of nitrogens with zero attached hydrogens (tertiary/aromatic N) is 1. The van der Waals surface area contributed by atoms with Crippen LogP contribution in [0.4, 0.5) is 5.69 Å². The Labute approximate surface area is 112 Å². The van der Waals surface area contributed by atoms with Gasteiger partial charge in [0.1, 0.15) is 5.56 Å². The summed E-state index contributed by atoms with van der Waals surface area (Å²) in [7, 11) is 0. The van der Waals surface area contributed by atoms with Gasteiger partial charge in [-0.05, 0) is 25.0 Å².